The summed E-state index contributed by atoms with van der Waals surface area (Å²) in [5, 5.41) is 0.576. The van der Waals surface area contributed by atoms with Gasteiger partial charge in [-0.15, -0.1) is 0 Å². The van der Waals surface area contributed by atoms with Crippen LogP contribution in [0.15, 0.2) is 41.3 Å². The minimum absolute atomic E-state index is 0.0233. The van der Waals surface area contributed by atoms with Crippen LogP contribution in [-0.2, 0) is 12.0 Å². The molecule has 3 aliphatic rings. The van der Waals surface area contributed by atoms with Crippen molar-refractivity contribution in [3.05, 3.63) is 69.4 Å². The van der Waals surface area contributed by atoms with Gasteiger partial charge in [0.15, 0.2) is 22.8 Å². The number of hydrogen-bond acceptors (Lipinski definition) is 6. The Hall–Kier alpha value is -3.53. The van der Waals surface area contributed by atoms with E-state index >= 15 is 0 Å². The fraction of sp³-hybridized carbons (Fsp3) is 0.429. The number of nitrogens with one attached hydrogen (secondary N) is 1. The SMILES string of the molecule is CCCn1c(C23CCC(COc4ccc(Cl)cn4)(CC2)CC3)nc2nc(Oc3ccc(F)c(F)c3)[nH]c(=O)c21. The number of imidazole rings is 1. The van der Waals surface area contributed by atoms with Crippen LogP contribution in [0.4, 0.5) is 8.78 Å². The first-order chi connectivity index (χ1) is 18.8. The molecule has 2 bridgehead atoms. The number of hydrogen-bond donors (Lipinski definition) is 1. The molecule has 204 valence electrons. The van der Waals surface area contributed by atoms with Crippen LogP contribution in [0.25, 0.3) is 11.2 Å². The number of rotatable bonds is 8. The van der Waals surface area contributed by atoms with Crippen molar-refractivity contribution in [2.75, 3.05) is 6.61 Å². The molecule has 3 saturated carbocycles. The molecule has 4 aromatic rings. The summed E-state index contributed by atoms with van der Waals surface area (Å²) in [4.78, 5) is 29.4. The third kappa shape index (κ3) is 4.75. The molecule has 0 saturated heterocycles. The van der Waals surface area contributed by atoms with Gasteiger partial charge >= 0.3 is 6.01 Å². The van der Waals surface area contributed by atoms with E-state index in [-0.39, 0.29) is 33.8 Å². The Labute approximate surface area is 228 Å². The van der Waals surface area contributed by atoms with E-state index in [0.717, 1.165) is 62.9 Å². The van der Waals surface area contributed by atoms with Crippen LogP contribution >= 0.6 is 11.6 Å². The lowest BCUT2D eigenvalue weighted by molar-refractivity contribution is -0.00401. The van der Waals surface area contributed by atoms with Crippen molar-refractivity contribution >= 4 is 22.8 Å². The molecular formula is C28H28ClF2N5O3. The van der Waals surface area contributed by atoms with Gasteiger partial charge in [-0.2, -0.15) is 4.98 Å². The molecule has 3 fully saturated rings. The molecule has 1 aromatic carbocycles. The van der Waals surface area contributed by atoms with E-state index in [2.05, 4.69) is 21.9 Å². The van der Waals surface area contributed by atoms with Gasteiger partial charge in [0.2, 0.25) is 5.88 Å². The zero-order valence-corrected chi connectivity index (χ0v) is 22.2. The van der Waals surface area contributed by atoms with E-state index in [1.165, 1.54) is 6.07 Å². The summed E-state index contributed by atoms with van der Waals surface area (Å²) in [6.45, 7) is 3.30. The average molecular weight is 556 g/mol. The number of nitrogens with zero attached hydrogens (tertiary/aromatic N) is 4. The number of fused-ring (bicyclic) bond motifs is 4. The first-order valence-electron chi connectivity index (χ1n) is 13.2. The predicted octanol–water partition coefficient (Wildman–Crippen LogP) is 6.32. The first-order valence-corrected chi connectivity index (χ1v) is 13.6. The van der Waals surface area contributed by atoms with E-state index in [0.29, 0.717) is 29.6 Å². The van der Waals surface area contributed by atoms with Crippen molar-refractivity contribution in [3.8, 4) is 17.6 Å². The van der Waals surface area contributed by atoms with Crippen LogP contribution in [0.1, 0.15) is 57.7 Å². The average Bonchev–Trinajstić information content (AvgIpc) is 3.31. The second-order valence-electron chi connectivity index (χ2n) is 10.7. The molecule has 3 aliphatic carbocycles. The van der Waals surface area contributed by atoms with Crippen LogP contribution in [-0.4, -0.2) is 31.1 Å². The van der Waals surface area contributed by atoms with Gasteiger partial charge in [0.05, 0.1) is 11.6 Å². The lowest BCUT2D eigenvalue weighted by atomic mass is 9.53. The van der Waals surface area contributed by atoms with Crippen molar-refractivity contribution in [2.24, 2.45) is 5.41 Å². The lowest BCUT2D eigenvalue weighted by Crippen LogP contribution is -2.48. The van der Waals surface area contributed by atoms with Gasteiger partial charge in [0.25, 0.3) is 5.56 Å². The van der Waals surface area contributed by atoms with Gasteiger partial charge in [-0.05, 0) is 63.1 Å². The maximum Gasteiger partial charge on any atom is 0.304 e. The van der Waals surface area contributed by atoms with Gasteiger partial charge < -0.3 is 14.0 Å². The molecular weight excluding hydrogens is 528 g/mol. The van der Waals surface area contributed by atoms with Gasteiger partial charge in [0, 0.05) is 35.7 Å². The maximum atomic E-state index is 13.6. The monoisotopic (exact) mass is 555 g/mol. The van der Waals surface area contributed by atoms with E-state index in [9.17, 15) is 13.6 Å². The van der Waals surface area contributed by atoms with Crippen LogP contribution in [0.3, 0.4) is 0 Å². The summed E-state index contributed by atoms with van der Waals surface area (Å²) in [5.41, 5.74) is 0.244. The van der Waals surface area contributed by atoms with Crippen LogP contribution in [0.2, 0.25) is 5.02 Å². The second-order valence-corrected chi connectivity index (χ2v) is 11.1. The predicted molar refractivity (Wildman–Crippen MR) is 141 cm³/mol. The third-order valence-corrected chi connectivity index (χ3v) is 8.47. The summed E-state index contributed by atoms with van der Waals surface area (Å²) in [5.74, 6) is -0.553. The molecule has 1 N–H and O–H groups in total. The van der Waals surface area contributed by atoms with Crippen molar-refractivity contribution in [3.63, 3.8) is 0 Å². The fourth-order valence-corrected chi connectivity index (χ4v) is 6.17. The number of aromatic nitrogens is 5. The smallest absolute Gasteiger partial charge is 0.304 e. The normalized spacial score (nSPS) is 22.4. The van der Waals surface area contributed by atoms with Crippen LogP contribution in [0.5, 0.6) is 17.6 Å². The van der Waals surface area contributed by atoms with E-state index < -0.39 is 11.6 Å². The number of ether oxygens (including phenoxy) is 2. The lowest BCUT2D eigenvalue weighted by Gasteiger charge is -2.52. The Morgan fingerprint density at radius 1 is 1.05 bits per heavy atom. The Bertz CT molecular complexity index is 1560. The molecule has 3 heterocycles. The molecule has 11 heteroatoms. The zero-order chi connectivity index (χ0) is 27.2. The van der Waals surface area contributed by atoms with Gasteiger partial charge in [-0.3, -0.25) is 9.78 Å². The molecule has 0 amide bonds. The molecule has 3 aromatic heterocycles. The molecule has 0 spiro atoms. The number of pyridine rings is 1. The Morgan fingerprint density at radius 3 is 2.49 bits per heavy atom. The molecule has 0 aliphatic heterocycles. The number of aryl methyl sites for hydroxylation is 1. The largest absolute Gasteiger partial charge is 0.477 e. The number of benzene rings is 1. The summed E-state index contributed by atoms with van der Waals surface area (Å²) in [6.07, 6.45) is 8.20. The molecule has 39 heavy (non-hydrogen) atoms. The highest BCUT2D eigenvalue weighted by atomic mass is 35.5. The van der Waals surface area contributed by atoms with Crippen molar-refractivity contribution in [2.45, 2.75) is 63.8 Å². The summed E-state index contributed by atoms with van der Waals surface area (Å²) in [6, 6.07) is 6.57. The Morgan fingerprint density at radius 2 is 1.82 bits per heavy atom. The molecule has 8 nitrogen and oxygen atoms in total. The molecule has 0 atom stereocenters. The highest BCUT2D eigenvalue weighted by Crippen LogP contribution is 2.57. The standard InChI is InChI=1S/C28H28ClF2N5O3/c1-2-13-36-22-23(34-26(35-24(22)37)39-18-4-5-19(30)20(31)14-18)33-25(36)28-10-7-27(8-11-28,9-12-28)16-38-21-6-3-17(29)15-32-21/h3-6,14-15H,2,7-13,16H2,1H3,(H,34,35,37). The summed E-state index contributed by atoms with van der Waals surface area (Å²) < 4.78 is 40.6. The van der Waals surface area contributed by atoms with Crippen molar-refractivity contribution in [1.82, 2.24) is 24.5 Å². The van der Waals surface area contributed by atoms with E-state index in [1.807, 2.05) is 4.57 Å². The quantitative estimate of drug-likeness (QED) is 0.273. The van der Waals surface area contributed by atoms with Crippen molar-refractivity contribution < 1.29 is 18.3 Å². The van der Waals surface area contributed by atoms with Gasteiger partial charge in [0.1, 0.15) is 11.6 Å². The Kier molecular flexibility index (Phi) is 6.53. The minimum atomic E-state index is -1.05. The molecule has 7 rings (SSSR count). The van der Waals surface area contributed by atoms with Gasteiger partial charge in [-0.1, -0.05) is 18.5 Å². The van der Waals surface area contributed by atoms with Crippen LogP contribution in [0, 0.1) is 17.0 Å². The first kappa shape index (κ1) is 25.7. The zero-order valence-electron chi connectivity index (χ0n) is 21.5. The summed E-state index contributed by atoms with van der Waals surface area (Å²) >= 11 is 5.94. The summed E-state index contributed by atoms with van der Waals surface area (Å²) in [7, 11) is 0. The molecule has 0 unspecified atom stereocenters. The van der Waals surface area contributed by atoms with Crippen LogP contribution < -0.4 is 15.0 Å². The topological polar surface area (TPSA) is 94.9 Å². The number of halogens is 3. The maximum absolute atomic E-state index is 13.6. The fourth-order valence-electron chi connectivity index (χ4n) is 6.06. The number of aromatic amines is 1. The Balaban J connectivity index is 1.27. The minimum Gasteiger partial charge on any atom is -0.477 e. The van der Waals surface area contributed by atoms with Gasteiger partial charge in [-0.25, -0.2) is 18.7 Å². The highest BCUT2D eigenvalue weighted by molar-refractivity contribution is 6.30. The highest BCUT2D eigenvalue weighted by Gasteiger charge is 2.52. The van der Waals surface area contributed by atoms with E-state index in [4.69, 9.17) is 26.1 Å². The third-order valence-electron chi connectivity index (χ3n) is 8.25. The molecule has 0 radical (unpaired) electrons. The number of H-pyrrole nitrogens is 1. The van der Waals surface area contributed by atoms with E-state index in [1.54, 1.807) is 18.3 Å². The van der Waals surface area contributed by atoms with Crippen molar-refractivity contribution in [1.29, 1.82) is 0 Å². The second kappa shape index (κ2) is 9.89.